The van der Waals surface area contributed by atoms with Crippen molar-refractivity contribution in [1.29, 1.82) is 0 Å². The van der Waals surface area contributed by atoms with Gasteiger partial charge in [0.1, 0.15) is 5.75 Å². The van der Waals surface area contributed by atoms with E-state index in [4.69, 9.17) is 9.15 Å². The number of ether oxygens (including phenoxy) is 1. The minimum atomic E-state index is 0.127. The first-order valence-corrected chi connectivity index (χ1v) is 10.7. The lowest BCUT2D eigenvalue weighted by atomic mass is 10.1. The van der Waals surface area contributed by atoms with Gasteiger partial charge in [-0.05, 0) is 48.2 Å². The van der Waals surface area contributed by atoms with Crippen LogP contribution in [0.25, 0.3) is 0 Å². The van der Waals surface area contributed by atoms with Gasteiger partial charge in [-0.2, -0.15) is 0 Å². The van der Waals surface area contributed by atoms with Gasteiger partial charge in [0.2, 0.25) is 5.89 Å². The Morgan fingerprint density at radius 2 is 1.72 bits per heavy atom. The highest BCUT2D eigenvalue weighted by Crippen LogP contribution is 2.23. The Kier molecular flexibility index (Phi) is 6.14. The van der Waals surface area contributed by atoms with Crippen LogP contribution in [0.3, 0.4) is 0 Å². The zero-order valence-corrected chi connectivity index (χ0v) is 17.2. The van der Waals surface area contributed by atoms with Crippen molar-refractivity contribution < 1.29 is 13.9 Å². The first-order valence-electron chi connectivity index (χ1n) is 9.67. The summed E-state index contributed by atoms with van der Waals surface area (Å²) in [7, 11) is 1.65. The predicted molar refractivity (Wildman–Crippen MR) is 111 cm³/mol. The third kappa shape index (κ3) is 4.98. The van der Waals surface area contributed by atoms with E-state index in [1.807, 2.05) is 53.4 Å². The molecule has 1 aromatic heterocycles. The highest BCUT2D eigenvalue weighted by Gasteiger charge is 2.19. The van der Waals surface area contributed by atoms with E-state index in [1.54, 1.807) is 7.11 Å². The monoisotopic (exact) mass is 409 g/mol. The van der Waals surface area contributed by atoms with Crippen LogP contribution in [0.15, 0.2) is 58.2 Å². The molecule has 1 aliphatic heterocycles. The number of aromatic nitrogens is 2. The molecule has 2 aromatic carbocycles. The number of hydrogen-bond donors (Lipinski definition) is 0. The van der Waals surface area contributed by atoms with Crippen LogP contribution in [-0.2, 0) is 12.2 Å². The van der Waals surface area contributed by atoms with E-state index in [0.29, 0.717) is 23.3 Å². The second-order valence-electron chi connectivity index (χ2n) is 6.97. The van der Waals surface area contributed by atoms with E-state index in [9.17, 15) is 4.79 Å². The van der Waals surface area contributed by atoms with E-state index >= 15 is 0 Å². The largest absolute Gasteiger partial charge is 0.497 e. The summed E-state index contributed by atoms with van der Waals surface area (Å²) >= 11 is 1.49. The Morgan fingerprint density at radius 3 is 2.41 bits per heavy atom. The molecule has 29 heavy (non-hydrogen) atoms. The van der Waals surface area contributed by atoms with Gasteiger partial charge >= 0.3 is 0 Å². The van der Waals surface area contributed by atoms with Gasteiger partial charge in [-0.15, -0.1) is 10.2 Å². The summed E-state index contributed by atoms with van der Waals surface area (Å²) in [5, 5.41) is 8.80. The van der Waals surface area contributed by atoms with Crippen LogP contribution < -0.4 is 4.74 Å². The normalized spacial score (nSPS) is 13.6. The number of amides is 1. The maximum absolute atomic E-state index is 12.4. The maximum atomic E-state index is 12.4. The third-order valence-corrected chi connectivity index (χ3v) is 5.81. The SMILES string of the molecule is COc1ccc(Cc2nnc(SCc3ccc(C(=O)N4CCCC4)cc3)o2)cc1. The number of benzene rings is 2. The van der Waals surface area contributed by atoms with Gasteiger partial charge in [-0.1, -0.05) is 36.0 Å². The lowest BCUT2D eigenvalue weighted by Crippen LogP contribution is -2.27. The van der Waals surface area contributed by atoms with Gasteiger partial charge in [-0.3, -0.25) is 4.79 Å². The molecule has 4 rings (SSSR count). The number of hydrogen-bond acceptors (Lipinski definition) is 6. The van der Waals surface area contributed by atoms with E-state index in [-0.39, 0.29) is 5.91 Å². The van der Waals surface area contributed by atoms with Crippen molar-refractivity contribution in [1.82, 2.24) is 15.1 Å². The number of thioether (sulfide) groups is 1. The van der Waals surface area contributed by atoms with Gasteiger partial charge in [0.05, 0.1) is 13.5 Å². The van der Waals surface area contributed by atoms with Gasteiger partial charge < -0.3 is 14.1 Å². The first-order chi connectivity index (χ1) is 14.2. The summed E-state index contributed by atoms with van der Waals surface area (Å²) in [5.74, 6) is 2.25. The molecule has 2 heterocycles. The van der Waals surface area contributed by atoms with Crippen LogP contribution in [0.2, 0.25) is 0 Å². The Hall–Kier alpha value is -2.80. The van der Waals surface area contributed by atoms with Crippen molar-refractivity contribution in [3.63, 3.8) is 0 Å². The van der Waals surface area contributed by atoms with E-state index in [1.165, 1.54) is 11.8 Å². The van der Waals surface area contributed by atoms with Crippen LogP contribution in [0.4, 0.5) is 0 Å². The average Bonchev–Trinajstić information content (AvgIpc) is 3.45. The third-order valence-electron chi connectivity index (χ3n) is 4.92. The van der Waals surface area contributed by atoms with Gasteiger partial charge in [0.25, 0.3) is 11.1 Å². The zero-order chi connectivity index (χ0) is 20.1. The molecule has 0 radical (unpaired) electrons. The minimum Gasteiger partial charge on any atom is -0.497 e. The van der Waals surface area contributed by atoms with Gasteiger partial charge in [0.15, 0.2) is 0 Å². The summed E-state index contributed by atoms with van der Waals surface area (Å²) in [6.45, 7) is 1.74. The number of nitrogens with zero attached hydrogens (tertiary/aromatic N) is 3. The van der Waals surface area contributed by atoms with Crippen molar-refractivity contribution in [3.8, 4) is 5.75 Å². The van der Waals surface area contributed by atoms with E-state index in [2.05, 4.69) is 10.2 Å². The molecule has 0 unspecified atom stereocenters. The molecule has 1 saturated heterocycles. The molecule has 6 nitrogen and oxygen atoms in total. The molecule has 0 N–H and O–H groups in total. The highest BCUT2D eigenvalue weighted by molar-refractivity contribution is 7.98. The van der Waals surface area contributed by atoms with Crippen molar-refractivity contribution in [2.45, 2.75) is 30.2 Å². The zero-order valence-electron chi connectivity index (χ0n) is 16.3. The summed E-state index contributed by atoms with van der Waals surface area (Å²) < 4.78 is 10.9. The molecular formula is C22H23N3O3S. The van der Waals surface area contributed by atoms with Crippen molar-refractivity contribution in [2.24, 2.45) is 0 Å². The molecular weight excluding hydrogens is 386 g/mol. The summed E-state index contributed by atoms with van der Waals surface area (Å²) in [6.07, 6.45) is 2.79. The Labute approximate surface area is 174 Å². The standard InChI is InChI=1S/C22H23N3O3S/c1-27-19-10-6-16(7-11-19)14-20-23-24-22(28-20)29-15-17-4-8-18(9-5-17)21(26)25-12-2-3-13-25/h4-11H,2-3,12-15H2,1H3. The molecule has 7 heteroatoms. The summed E-state index contributed by atoms with van der Waals surface area (Å²) in [4.78, 5) is 14.3. The Bertz CT molecular complexity index is 948. The number of carbonyl (C=O) groups is 1. The van der Waals surface area contributed by atoms with Gasteiger partial charge in [-0.25, -0.2) is 0 Å². The first kappa shape index (κ1) is 19.5. The van der Waals surface area contributed by atoms with Crippen molar-refractivity contribution >= 4 is 17.7 Å². The van der Waals surface area contributed by atoms with E-state index in [0.717, 1.165) is 48.4 Å². The van der Waals surface area contributed by atoms with Crippen LogP contribution in [0, 0.1) is 0 Å². The maximum Gasteiger partial charge on any atom is 0.276 e. The fraction of sp³-hybridized carbons (Fsp3) is 0.318. The minimum absolute atomic E-state index is 0.127. The van der Waals surface area contributed by atoms with Crippen molar-refractivity contribution in [2.75, 3.05) is 20.2 Å². The molecule has 1 amide bonds. The second kappa shape index (κ2) is 9.13. The number of carbonyl (C=O) groups excluding carboxylic acids is 1. The molecule has 1 fully saturated rings. The number of rotatable bonds is 7. The molecule has 0 spiro atoms. The Morgan fingerprint density at radius 1 is 1.03 bits per heavy atom. The fourth-order valence-corrected chi connectivity index (χ4v) is 4.01. The van der Waals surface area contributed by atoms with Crippen LogP contribution in [0.5, 0.6) is 5.75 Å². The number of likely N-dealkylation sites (tertiary alicyclic amines) is 1. The average molecular weight is 410 g/mol. The van der Waals surface area contributed by atoms with E-state index < -0.39 is 0 Å². The topological polar surface area (TPSA) is 68.5 Å². The summed E-state index contributed by atoms with van der Waals surface area (Å²) in [5.41, 5.74) is 2.95. The Balaban J connectivity index is 1.30. The van der Waals surface area contributed by atoms with Crippen LogP contribution >= 0.6 is 11.8 Å². The van der Waals surface area contributed by atoms with Gasteiger partial charge in [0, 0.05) is 24.4 Å². The number of methoxy groups -OCH3 is 1. The lowest BCUT2D eigenvalue weighted by Gasteiger charge is -2.15. The molecule has 0 saturated carbocycles. The molecule has 0 bridgehead atoms. The lowest BCUT2D eigenvalue weighted by molar-refractivity contribution is 0.0793. The molecule has 1 aliphatic rings. The quantitative estimate of drug-likeness (QED) is 0.545. The predicted octanol–water partition coefficient (Wildman–Crippen LogP) is 4.20. The molecule has 0 aliphatic carbocycles. The smallest absolute Gasteiger partial charge is 0.276 e. The van der Waals surface area contributed by atoms with Crippen LogP contribution in [0.1, 0.15) is 40.2 Å². The van der Waals surface area contributed by atoms with Crippen LogP contribution in [-0.4, -0.2) is 41.2 Å². The summed E-state index contributed by atoms with van der Waals surface area (Å²) in [6, 6.07) is 15.6. The second-order valence-corrected chi connectivity index (χ2v) is 7.90. The highest BCUT2D eigenvalue weighted by atomic mass is 32.2. The fourth-order valence-electron chi connectivity index (χ4n) is 3.28. The van der Waals surface area contributed by atoms with Crippen molar-refractivity contribution in [3.05, 3.63) is 71.1 Å². The molecule has 3 aromatic rings. The molecule has 150 valence electrons. The molecule has 0 atom stereocenters.